The van der Waals surface area contributed by atoms with Crippen LogP contribution in [0.4, 0.5) is 5.69 Å². The van der Waals surface area contributed by atoms with Gasteiger partial charge in [0, 0.05) is 31.9 Å². The number of nitrogens with zero attached hydrogens (tertiary/aromatic N) is 1. The second kappa shape index (κ2) is 7.97. The molecule has 1 aromatic carbocycles. The first-order valence-electron chi connectivity index (χ1n) is 9.01. The SMILES string of the molecule is Cc1cccc(NC(=O)C2CC2C(=O)NCCN2CCOCC2)c1C. The number of benzene rings is 1. The zero-order valence-electron chi connectivity index (χ0n) is 15.0. The number of morpholine rings is 1. The lowest BCUT2D eigenvalue weighted by Crippen LogP contribution is -2.41. The van der Waals surface area contributed by atoms with Crippen LogP contribution in [0.3, 0.4) is 0 Å². The fraction of sp³-hybridized carbons (Fsp3) is 0.579. The Kier molecular flexibility index (Phi) is 5.71. The average molecular weight is 345 g/mol. The van der Waals surface area contributed by atoms with Crippen molar-refractivity contribution in [3.05, 3.63) is 29.3 Å². The van der Waals surface area contributed by atoms with Gasteiger partial charge in [0.2, 0.25) is 11.8 Å². The lowest BCUT2D eigenvalue weighted by Gasteiger charge is -2.26. The van der Waals surface area contributed by atoms with Gasteiger partial charge in [-0.1, -0.05) is 12.1 Å². The second-order valence-electron chi connectivity index (χ2n) is 6.93. The molecule has 3 rings (SSSR count). The third kappa shape index (κ3) is 4.58. The van der Waals surface area contributed by atoms with Crippen LogP contribution in [0.1, 0.15) is 17.5 Å². The highest BCUT2D eigenvalue weighted by Crippen LogP contribution is 2.39. The first kappa shape index (κ1) is 17.9. The van der Waals surface area contributed by atoms with E-state index in [-0.39, 0.29) is 23.7 Å². The molecule has 6 heteroatoms. The van der Waals surface area contributed by atoms with Gasteiger partial charge in [-0.2, -0.15) is 0 Å². The van der Waals surface area contributed by atoms with Crippen molar-refractivity contribution >= 4 is 17.5 Å². The lowest BCUT2D eigenvalue weighted by atomic mass is 10.1. The molecule has 2 unspecified atom stereocenters. The van der Waals surface area contributed by atoms with E-state index < -0.39 is 0 Å². The maximum Gasteiger partial charge on any atom is 0.228 e. The number of anilines is 1. The summed E-state index contributed by atoms with van der Waals surface area (Å²) in [5.74, 6) is -0.450. The molecule has 0 bridgehead atoms. The Bertz CT molecular complexity index is 641. The molecular weight excluding hydrogens is 318 g/mol. The zero-order chi connectivity index (χ0) is 17.8. The number of amides is 2. The molecule has 1 heterocycles. The van der Waals surface area contributed by atoms with Crippen LogP contribution < -0.4 is 10.6 Å². The number of nitrogens with one attached hydrogen (secondary N) is 2. The number of carbonyl (C=O) groups is 2. The zero-order valence-corrected chi connectivity index (χ0v) is 15.0. The quantitative estimate of drug-likeness (QED) is 0.816. The number of carbonyl (C=O) groups excluding carboxylic acids is 2. The molecule has 0 aromatic heterocycles. The van der Waals surface area contributed by atoms with Gasteiger partial charge in [-0.25, -0.2) is 0 Å². The Morgan fingerprint density at radius 3 is 2.64 bits per heavy atom. The first-order valence-corrected chi connectivity index (χ1v) is 9.01. The van der Waals surface area contributed by atoms with Crippen LogP contribution in [0.25, 0.3) is 0 Å². The Balaban J connectivity index is 1.41. The molecule has 0 spiro atoms. The van der Waals surface area contributed by atoms with Crippen molar-refractivity contribution in [3.8, 4) is 0 Å². The predicted molar refractivity (Wildman–Crippen MR) is 96.4 cm³/mol. The van der Waals surface area contributed by atoms with E-state index in [1.54, 1.807) is 0 Å². The van der Waals surface area contributed by atoms with E-state index in [2.05, 4.69) is 15.5 Å². The summed E-state index contributed by atoms with van der Waals surface area (Å²) in [6.45, 7) is 8.83. The van der Waals surface area contributed by atoms with Gasteiger partial charge in [0.1, 0.15) is 0 Å². The Labute approximate surface area is 148 Å². The number of ether oxygens (including phenoxy) is 1. The highest BCUT2D eigenvalue weighted by molar-refractivity contribution is 6.00. The maximum atomic E-state index is 12.4. The normalized spacial score (nSPS) is 23.1. The average Bonchev–Trinajstić information content (AvgIpc) is 3.41. The minimum Gasteiger partial charge on any atom is -0.379 e. The van der Waals surface area contributed by atoms with E-state index in [4.69, 9.17) is 4.74 Å². The van der Waals surface area contributed by atoms with Crippen LogP contribution in [-0.2, 0) is 14.3 Å². The summed E-state index contributed by atoms with van der Waals surface area (Å²) in [4.78, 5) is 26.8. The Morgan fingerprint density at radius 1 is 1.16 bits per heavy atom. The van der Waals surface area contributed by atoms with Gasteiger partial charge in [-0.15, -0.1) is 0 Å². The molecule has 1 aliphatic heterocycles. The van der Waals surface area contributed by atoms with Crippen molar-refractivity contribution in [3.63, 3.8) is 0 Å². The van der Waals surface area contributed by atoms with Crippen LogP contribution >= 0.6 is 0 Å². The molecule has 2 N–H and O–H groups in total. The van der Waals surface area contributed by atoms with E-state index in [1.165, 1.54) is 0 Å². The van der Waals surface area contributed by atoms with Gasteiger partial charge in [-0.3, -0.25) is 14.5 Å². The fourth-order valence-electron chi connectivity index (χ4n) is 3.18. The van der Waals surface area contributed by atoms with Gasteiger partial charge >= 0.3 is 0 Å². The van der Waals surface area contributed by atoms with E-state index in [0.29, 0.717) is 13.0 Å². The largest absolute Gasteiger partial charge is 0.379 e. The minimum absolute atomic E-state index is 0.00521. The summed E-state index contributed by atoms with van der Waals surface area (Å²) in [6, 6.07) is 5.85. The molecule has 6 nitrogen and oxygen atoms in total. The second-order valence-corrected chi connectivity index (χ2v) is 6.93. The molecule has 2 atom stereocenters. The first-order chi connectivity index (χ1) is 12.1. The summed E-state index contributed by atoms with van der Waals surface area (Å²) in [7, 11) is 0. The molecule has 0 radical (unpaired) electrons. The molecule has 2 aliphatic rings. The monoisotopic (exact) mass is 345 g/mol. The number of hydrogen-bond acceptors (Lipinski definition) is 4. The summed E-state index contributed by atoms with van der Waals surface area (Å²) in [5.41, 5.74) is 3.05. The lowest BCUT2D eigenvalue weighted by molar-refractivity contribution is -0.125. The van der Waals surface area contributed by atoms with Gasteiger partial charge in [0.25, 0.3) is 0 Å². The van der Waals surface area contributed by atoms with E-state index >= 15 is 0 Å². The fourth-order valence-corrected chi connectivity index (χ4v) is 3.18. The van der Waals surface area contributed by atoms with E-state index in [0.717, 1.165) is 49.7 Å². The summed E-state index contributed by atoms with van der Waals surface area (Å²) >= 11 is 0. The van der Waals surface area contributed by atoms with Crippen LogP contribution in [0.15, 0.2) is 18.2 Å². The van der Waals surface area contributed by atoms with Crippen LogP contribution in [0.5, 0.6) is 0 Å². The predicted octanol–water partition coefficient (Wildman–Crippen LogP) is 1.33. The standard InChI is InChI=1S/C19H27N3O3/c1-13-4-3-5-17(14(13)2)21-19(24)16-12-15(16)18(23)20-6-7-22-8-10-25-11-9-22/h3-5,15-16H,6-12H2,1-2H3,(H,20,23)(H,21,24). The number of aryl methyl sites for hydroxylation is 1. The van der Waals surface area contributed by atoms with Crippen molar-refractivity contribution in [2.24, 2.45) is 11.8 Å². The van der Waals surface area contributed by atoms with E-state index in [9.17, 15) is 9.59 Å². The summed E-state index contributed by atoms with van der Waals surface area (Å²) < 4.78 is 5.31. The van der Waals surface area contributed by atoms with Gasteiger partial charge in [-0.05, 0) is 37.5 Å². The topological polar surface area (TPSA) is 70.7 Å². The molecule has 1 aromatic rings. The number of hydrogen-bond donors (Lipinski definition) is 2. The third-order valence-electron chi connectivity index (χ3n) is 5.16. The number of rotatable bonds is 6. The maximum absolute atomic E-state index is 12.4. The van der Waals surface area contributed by atoms with E-state index in [1.807, 2.05) is 32.0 Å². The summed E-state index contributed by atoms with van der Waals surface area (Å²) in [5, 5.41) is 5.92. The molecular formula is C19H27N3O3. The van der Waals surface area contributed by atoms with Crippen LogP contribution in [-0.4, -0.2) is 56.1 Å². The molecule has 2 amide bonds. The van der Waals surface area contributed by atoms with Gasteiger partial charge in [0.15, 0.2) is 0 Å². The molecule has 1 saturated heterocycles. The van der Waals surface area contributed by atoms with Crippen molar-refractivity contribution in [2.75, 3.05) is 44.7 Å². The Hall–Kier alpha value is -1.92. The van der Waals surface area contributed by atoms with Crippen molar-refractivity contribution in [1.29, 1.82) is 0 Å². The smallest absolute Gasteiger partial charge is 0.228 e. The van der Waals surface area contributed by atoms with Crippen molar-refractivity contribution < 1.29 is 14.3 Å². The van der Waals surface area contributed by atoms with Crippen LogP contribution in [0, 0.1) is 25.7 Å². The highest BCUT2D eigenvalue weighted by atomic mass is 16.5. The van der Waals surface area contributed by atoms with Gasteiger partial charge < -0.3 is 15.4 Å². The molecule has 1 saturated carbocycles. The molecule has 25 heavy (non-hydrogen) atoms. The molecule has 136 valence electrons. The van der Waals surface area contributed by atoms with Crippen molar-refractivity contribution in [1.82, 2.24) is 10.2 Å². The van der Waals surface area contributed by atoms with Crippen LogP contribution in [0.2, 0.25) is 0 Å². The summed E-state index contributed by atoms with van der Waals surface area (Å²) in [6.07, 6.45) is 0.639. The van der Waals surface area contributed by atoms with Gasteiger partial charge in [0.05, 0.1) is 25.0 Å². The third-order valence-corrected chi connectivity index (χ3v) is 5.16. The molecule has 1 aliphatic carbocycles. The van der Waals surface area contributed by atoms with Crippen molar-refractivity contribution in [2.45, 2.75) is 20.3 Å². The molecule has 2 fully saturated rings. The highest BCUT2D eigenvalue weighted by Gasteiger charge is 2.47. The minimum atomic E-state index is -0.205. The Morgan fingerprint density at radius 2 is 1.88 bits per heavy atom.